The molecule has 1 aromatic carbocycles. The van der Waals surface area contributed by atoms with Gasteiger partial charge in [-0.25, -0.2) is 0 Å². The van der Waals surface area contributed by atoms with E-state index in [1.165, 1.54) is 0 Å². The zero-order valence-corrected chi connectivity index (χ0v) is 16.0. The zero-order valence-electron chi connectivity index (χ0n) is 16.0. The average Bonchev–Trinajstić information content (AvgIpc) is 3.07. The number of likely N-dealkylation sites (tertiary alicyclic amines) is 2. The van der Waals surface area contributed by atoms with Crippen molar-refractivity contribution < 1.29 is 14.3 Å². The molecule has 2 heterocycles. The Labute approximate surface area is 156 Å². The first-order valence-electron chi connectivity index (χ1n) is 9.46. The molecule has 142 valence electrons. The van der Waals surface area contributed by atoms with E-state index < -0.39 is 0 Å². The van der Waals surface area contributed by atoms with Crippen molar-refractivity contribution >= 4 is 5.91 Å². The lowest BCUT2D eigenvalue weighted by molar-refractivity contribution is -0.146. The van der Waals surface area contributed by atoms with E-state index in [1.54, 1.807) is 14.2 Å². The predicted molar refractivity (Wildman–Crippen MR) is 103 cm³/mol. The number of piperidine rings is 1. The van der Waals surface area contributed by atoms with Crippen LogP contribution in [0.2, 0.25) is 0 Å². The fraction of sp³-hybridized carbons (Fsp3) is 0.571. The van der Waals surface area contributed by atoms with Gasteiger partial charge in [0.15, 0.2) is 11.5 Å². The Morgan fingerprint density at radius 3 is 2.81 bits per heavy atom. The van der Waals surface area contributed by atoms with Crippen molar-refractivity contribution in [1.29, 1.82) is 0 Å². The lowest BCUT2D eigenvalue weighted by Crippen LogP contribution is -2.49. The van der Waals surface area contributed by atoms with Crippen LogP contribution in [0.3, 0.4) is 0 Å². The van der Waals surface area contributed by atoms with Crippen molar-refractivity contribution in [3.8, 4) is 11.5 Å². The van der Waals surface area contributed by atoms with Gasteiger partial charge in [0.1, 0.15) is 0 Å². The van der Waals surface area contributed by atoms with Gasteiger partial charge in [0.05, 0.1) is 19.6 Å². The first-order valence-corrected chi connectivity index (χ1v) is 9.46. The first-order chi connectivity index (χ1) is 12.6. The van der Waals surface area contributed by atoms with Crippen LogP contribution in [0.15, 0.2) is 30.9 Å². The summed E-state index contributed by atoms with van der Waals surface area (Å²) in [5.41, 5.74) is 0.796. The van der Waals surface area contributed by atoms with Crippen molar-refractivity contribution in [2.75, 3.05) is 40.4 Å². The number of rotatable bonds is 7. The third-order valence-corrected chi connectivity index (χ3v) is 5.75. The van der Waals surface area contributed by atoms with E-state index in [9.17, 15) is 4.79 Å². The number of carbonyl (C=O) groups excluding carboxylic acids is 1. The maximum Gasteiger partial charge on any atom is 0.230 e. The highest BCUT2D eigenvalue weighted by Gasteiger charge is 2.48. The highest BCUT2D eigenvalue weighted by molar-refractivity contribution is 5.84. The second kappa shape index (κ2) is 8.12. The molecule has 2 aliphatic rings. The molecule has 3 rings (SSSR count). The summed E-state index contributed by atoms with van der Waals surface area (Å²) in [5.74, 6) is 1.73. The van der Waals surface area contributed by atoms with Gasteiger partial charge in [-0.15, -0.1) is 6.58 Å². The number of amides is 1. The number of ether oxygens (including phenoxy) is 2. The summed E-state index contributed by atoms with van der Waals surface area (Å²) in [7, 11) is 3.29. The maximum absolute atomic E-state index is 13.3. The summed E-state index contributed by atoms with van der Waals surface area (Å²) >= 11 is 0. The molecule has 2 aliphatic heterocycles. The van der Waals surface area contributed by atoms with Gasteiger partial charge in [-0.2, -0.15) is 0 Å². The minimum absolute atomic E-state index is 0.203. The Bertz CT molecular complexity index is 661. The monoisotopic (exact) mass is 358 g/mol. The third kappa shape index (κ3) is 3.58. The highest BCUT2D eigenvalue weighted by Crippen LogP contribution is 2.41. The highest BCUT2D eigenvalue weighted by atomic mass is 16.5. The van der Waals surface area contributed by atoms with Gasteiger partial charge in [-0.1, -0.05) is 18.2 Å². The van der Waals surface area contributed by atoms with Gasteiger partial charge in [0.2, 0.25) is 5.91 Å². The third-order valence-electron chi connectivity index (χ3n) is 5.75. The second-order valence-corrected chi connectivity index (χ2v) is 7.37. The average molecular weight is 358 g/mol. The second-order valence-electron chi connectivity index (χ2n) is 7.37. The molecule has 0 saturated carbocycles. The molecular weight excluding hydrogens is 328 g/mol. The maximum atomic E-state index is 13.3. The van der Waals surface area contributed by atoms with Crippen molar-refractivity contribution in [2.24, 2.45) is 5.41 Å². The van der Waals surface area contributed by atoms with Crippen LogP contribution in [-0.4, -0.2) is 56.1 Å². The summed E-state index contributed by atoms with van der Waals surface area (Å²) in [6.45, 7) is 8.09. The van der Waals surface area contributed by atoms with Gasteiger partial charge in [0.25, 0.3) is 0 Å². The molecule has 5 heteroatoms. The van der Waals surface area contributed by atoms with Crippen molar-refractivity contribution in [1.82, 2.24) is 9.80 Å². The topological polar surface area (TPSA) is 42.0 Å². The lowest BCUT2D eigenvalue weighted by Gasteiger charge is -2.39. The molecule has 1 atom stereocenters. The van der Waals surface area contributed by atoms with Crippen LogP contribution in [0.4, 0.5) is 0 Å². The Balaban J connectivity index is 1.74. The van der Waals surface area contributed by atoms with E-state index >= 15 is 0 Å². The number of carbonyl (C=O) groups is 1. The number of benzene rings is 1. The Kier molecular flexibility index (Phi) is 5.87. The van der Waals surface area contributed by atoms with E-state index in [-0.39, 0.29) is 5.41 Å². The van der Waals surface area contributed by atoms with Crippen molar-refractivity contribution in [3.05, 3.63) is 36.4 Å². The van der Waals surface area contributed by atoms with Gasteiger partial charge in [0, 0.05) is 31.7 Å². The number of para-hydroxylation sites is 1. The lowest BCUT2D eigenvalue weighted by atomic mass is 9.78. The molecule has 1 spiro atoms. The van der Waals surface area contributed by atoms with Crippen LogP contribution in [0, 0.1) is 5.41 Å². The van der Waals surface area contributed by atoms with Gasteiger partial charge in [-0.3, -0.25) is 4.79 Å². The van der Waals surface area contributed by atoms with Crippen molar-refractivity contribution in [2.45, 2.75) is 32.2 Å². The number of hydrogen-bond acceptors (Lipinski definition) is 4. The number of nitrogens with zero attached hydrogens (tertiary/aromatic N) is 2. The standard InChI is InChI=1S/C21H30N2O3/c1-4-5-12-22-14-11-21(16-22)10-7-13-23(20(21)24)15-17-8-6-9-18(25-2)19(17)26-3/h4,6,8-9H,1,5,7,10-16H2,2-3H3. The molecule has 0 bridgehead atoms. The summed E-state index contributed by atoms with van der Waals surface area (Å²) in [5, 5.41) is 0. The largest absolute Gasteiger partial charge is 0.493 e. The van der Waals surface area contributed by atoms with Gasteiger partial charge >= 0.3 is 0 Å². The molecule has 0 aliphatic carbocycles. The summed E-state index contributed by atoms with van der Waals surface area (Å²) in [6.07, 6.45) is 5.97. The van der Waals surface area contributed by atoms with E-state index in [1.807, 2.05) is 29.2 Å². The molecule has 2 fully saturated rings. The van der Waals surface area contributed by atoms with Crippen LogP contribution < -0.4 is 9.47 Å². The minimum Gasteiger partial charge on any atom is -0.493 e. The van der Waals surface area contributed by atoms with Crippen LogP contribution in [-0.2, 0) is 11.3 Å². The van der Waals surface area contributed by atoms with Crippen molar-refractivity contribution in [3.63, 3.8) is 0 Å². The molecule has 1 aromatic rings. The number of methoxy groups -OCH3 is 2. The smallest absolute Gasteiger partial charge is 0.230 e. The van der Waals surface area contributed by atoms with Crippen LogP contribution in [0.25, 0.3) is 0 Å². The van der Waals surface area contributed by atoms with E-state index in [2.05, 4.69) is 11.5 Å². The van der Waals surface area contributed by atoms with Crippen LogP contribution in [0.5, 0.6) is 11.5 Å². The predicted octanol–water partition coefficient (Wildman–Crippen LogP) is 3.09. The van der Waals surface area contributed by atoms with Crippen LogP contribution >= 0.6 is 0 Å². The van der Waals surface area contributed by atoms with Gasteiger partial charge < -0.3 is 19.3 Å². The molecule has 5 nitrogen and oxygen atoms in total. The normalized spacial score (nSPS) is 23.5. The molecule has 0 aromatic heterocycles. The Morgan fingerprint density at radius 2 is 2.08 bits per heavy atom. The molecule has 2 saturated heterocycles. The fourth-order valence-corrected chi connectivity index (χ4v) is 4.39. The molecule has 0 radical (unpaired) electrons. The number of hydrogen-bond donors (Lipinski definition) is 0. The van der Waals surface area contributed by atoms with Gasteiger partial charge in [-0.05, 0) is 38.3 Å². The quantitative estimate of drug-likeness (QED) is 0.703. The van der Waals surface area contributed by atoms with E-state index in [0.29, 0.717) is 18.2 Å². The van der Waals surface area contributed by atoms with E-state index in [4.69, 9.17) is 9.47 Å². The summed E-state index contributed by atoms with van der Waals surface area (Å²) < 4.78 is 10.9. The molecule has 1 unspecified atom stereocenters. The summed E-state index contributed by atoms with van der Waals surface area (Å²) in [4.78, 5) is 17.8. The molecule has 26 heavy (non-hydrogen) atoms. The molecule has 0 N–H and O–H groups in total. The molecular formula is C21H30N2O3. The first kappa shape index (κ1) is 18.8. The Hall–Kier alpha value is -2.01. The van der Waals surface area contributed by atoms with Crippen LogP contribution in [0.1, 0.15) is 31.2 Å². The molecule has 1 amide bonds. The minimum atomic E-state index is -0.203. The SMILES string of the molecule is C=CCCN1CCC2(CCCN(Cc3cccc(OC)c3OC)C2=O)C1. The fourth-order valence-electron chi connectivity index (χ4n) is 4.39. The van der Waals surface area contributed by atoms with E-state index in [0.717, 1.165) is 63.2 Å². The Morgan fingerprint density at radius 1 is 1.23 bits per heavy atom. The zero-order chi connectivity index (χ0) is 18.6. The summed E-state index contributed by atoms with van der Waals surface area (Å²) in [6, 6.07) is 5.85.